The van der Waals surface area contributed by atoms with Gasteiger partial charge in [-0.15, -0.1) is 0 Å². The summed E-state index contributed by atoms with van der Waals surface area (Å²) in [7, 11) is 0. The van der Waals surface area contributed by atoms with E-state index in [9.17, 15) is 9.59 Å². The highest BCUT2D eigenvalue weighted by Gasteiger charge is 2.15. The van der Waals surface area contributed by atoms with Crippen LogP contribution in [0.1, 0.15) is 21.5 Å². The summed E-state index contributed by atoms with van der Waals surface area (Å²) in [6.07, 6.45) is -0.135. The van der Waals surface area contributed by atoms with Crippen molar-refractivity contribution in [3.05, 3.63) is 65.2 Å². The third-order valence-corrected chi connectivity index (χ3v) is 3.13. The van der Waals surface area contributed by atoms with Crippen LogP contribution in [0.15, 0.2) is 48.5 Å². The quantitative estimate of drug-likeness (QED) is 0.400. The van der Waals surface area contributed by atoms with Crippen LogP contribution in [0.4, 0.5) is 0 Å². The van der Waals surface area contributed by atoms with Crippen molar-refractivity contribution in [3.8, 4) is 5.75 Å². The molecule has 2 aromatic carbocycles. The highest BCUT2D eigenvalue weighted by molar-refractivity contribution is 5.92. The molecule has 2 rings (SSSR count). The first-order valence-electron chi connectivity index (χ1n) is 6.88. The van der Waals surface area contributed by atoms with E-state index in [4.69, 9.17) is 20.3 Å². The van der Waals surface area contributed by atoms with Gasteiger partial charge >= 0.3 is 11.9 Å². The van der Waals surface area contributed by atoms with Gasteiger partial charge in [0.1, 0.15) is 11.3 Å². The lowest BCUT2D eigenvalue weighted by atomic mass is 10.1. The van der Waals surface area contributed by atoms with E-state index >= 15 is 0 Å². The number of carboxylic acids is 1. The summed E-state index contributed by atoms with van der Waals surface area (Å²) in [6, 6.07) is 12.5. The number of aromatic carboxylic acids is 1. The van der Waals surface area contributed by atoms with Gasteiger partial charge in [-0.2, -0.15) is 0 Å². The van der Waals surface area contributed by atoms with Crippen molar-refractivity contribution in [2.75, 3.05) is 0 Å². The molecule has 0 fully saturated rings. The van der Waals surface area contributed by atoms with Crippen LogP contribution in [0.5, 0.6) is 5.75 Å². The molecule has 0 aromatic heterocycles. The second-order valence-corrected chi connectivity index (χ2v) is 4.75. The summed E-state index contributed by atoms with van der Waals surface area (Å²) < 4.78 is 5.12. The predicted octanol–water partition coefficient (Wildman–Crippen LogP) is 2.04. The van der Waals surface area contributed by atoms with E-state index in [2.05, 4.69) is 4.84 Å². The van der Waals surface area contributed by atoms with E-state index in [1.54, 1.807) is 30.3 Å². The molecule has 0 bridgehead atoms. The Balaban J connectivity index is 2.09. The summed E-state index contributed by atoms with van der Waals surface area (Å²) in [6.45, 7) is -0.165. The average Bonchev–Trinajstić information content (AvgIpc) is 2.54. The molecule has 0 heterocycles. The number of esters is 1. The molecule has 0 saturated heterocycles. The van der Waals surface area contributed by atoms with E-state index in [0.717, 1.165) is 0 Å². The van der Waals surface area contributed by atoms with E-state index < -0.39 is 17.3 Å². The number of para-hydroxylation sites is 1. The SMILES string of the molecule is O=C(Cc1ccccc1CON(O)O)Oc1ccccc1C(=O)O. The monoisotopic (exact) mass is 333 g/mol. The van der Waals surface area contributed by atoms with Crippen molar-refractivity contribution in [2.45, 2.75) is 13.0 Å². The zero-order valence-corrected chi connectivity index (χ0v) is 12.5. The van der Waals surface area contributed by atoms with Crippen LogP contribution in [-0.2, 0) is 22.7 Å². The molecule has 0 aliphatic heterocycles. The topological polar surface area (TPSA) is 117 Å². The molecule has 0 aliphatic carbocycles. The molecule has 2 aromatic rings. The molecule has 0 spiro atoms. The van der Waals surface area contributed by atoms with Gasteiger partial charge in [-0.1, -0.05) is 36.4 Å². The van der Waals surface area contributed by atoms with Gasteiger partial charge in [0, 0.05) is 0 Å². The van der Waals surface area contributed by atoms with Crippen LogP contribution in [-0.4, -0.2) is 32.8 Å². The Bertz CT molecular complexity index is 730. The van der Waals surface area contributed by atoms with Gasteiger partial charge in [-0.05, 0) is 23.3 Å². The molecule has 0 aliphatic rings. The molecule has 0 unspecified atom stereocenters. The van der Waals surface area contributed by atoms with Crippen molar-refractivity contribution in [2.24, 2.45) is 0 Å². The van der Waals surface area contributed by atoms with Crippen LogP contribution >= 0.6 is 0 Å². The summed E-state index contributed by atoms with van der Waals surface area (Å²) in [5, 5.41) is 25.8. The number of hydrogen-bond donors (Lipinski definition) is 3. The minimum atomic E-state index is -1.20. The fourth-order valence-corrected chi connectivity index (χ4v) is 2.04. The smallest absolute Gasteiger partial charge is 0.339 e. The molecule has 0 saturated carbocycles. The van der Waals surface area contributed by atoms with Crippen molar-refractivity contribution >= 4 is 11.9 Å². The number of rotatable bonds is 7. The number of hydrogen-bond acceptors (Lipinski definition) is 7. The highest BCUT2D eigenvalue weighted by atomic mass is 17.1. The Hall–Kier alpha value is -2.78. The van der Waals surface area contributed by atoms with Crippen LogP contribution in [0.3, 0.4) is 0 Å². The number of carbonyl (C=O) groups excluding carboxylic acids is 1. The van der Waals surface area contributed by atoms with Gasteiger partial charge in [0.05, 0.1) is 18.4 Å². The molecule has 3 N–H and O–H groups in total. The lowest BCUT2D eigenvalue weighted by Crippen LogP contribution is -2.17. The maximum atomic E-state index is 12.1. The van der Waals surface area contributed by atoms with Crippen molar-refractivity contribution in [1.29, 1.82) is 0 Å². The van der Waals surface area contributed by atoms with Crippen LogP contribution in [0.2, 0.25) is 0 Å². The minimum Gasteiger partial charge on any atom is -0.478 e. The molecule has 0 atom stereocenters. The lowest BCUT2D eigenvalue weighted by Gasteiger charge is -2.11. The normalized spacial score (nSPS) is 10.6. The van der Waals surface area contributed by atoms with Gasteiger partial charge in [-0.25, -0.2) is 9.63 Å². The summed E-state index contributed by atoms with van der Waals surface area (Å²) in [4.78, 5) is 27.7. The van der Waals surface area contributed by atoms with E-state index in [1.807, 2.05) is 0 Å². The fraction of sp³-hybridized carbons (Fsp3) is 0.125. The van der Waals surface area contributed by atoms with Gasteiger partial charge in [0.15, 0.2) is 0 Å². The van der Waals surface area contributed by atoms with Gasteiger partial charge in [-0.3, -0.25) is 15.2 Å². The maximum absolute atomic E-state index is 12.1. The Kier molecular flexibility index (Phi) is 5.99. The van der Waals surface area contributed by atoms with Gasteiger partial charge < -0.3 is 9.84 Å². The molecule has 126 valence electrons. The van der Waals surface area contributed by atoms with E-state index in [1.165, 1.54) is 18.2 Å². The van der Waals surface area contributed by atoms with Crippen molar-refractivity contribution < 1.29 is 34.7 Å². The van der Waals surface area contributed by atoms with Crippen LogP contribution in [0, 0.1) is 0 Å². The predicted molar refractivity (Wildman–Crippen MR) is 79.4 cm³/mol. The second-order valence-electron chi connectivity index (χ2n) is 4.75. The zero-order valence-electron chi connectivity index (χ0n) is 12.5. The minimum absolute atomic E-state index is 0.0411. The first-order valence-corrected chi connectivity index (χ1v) is 6.88. The van der Waals surface area contributed by atoms with Crippen LogP contribution in [0.25, 0.3) is 0 Å². The molecular formula is C16H15NO7. The summed E-state index contributed by atoms with van der Waals surface area (Å²) in [5.41, 5.74) is 0.991. The van der Waals surface area contributed by atoms with Gasteiger partial charge in [0.2, 0.25) is 0 Å². The Morgan fingerprint density at radius 1 is 0.958 bits per heavy atom. The van der Waals surface area contributed by atoms with E-state index in [0.29, 0.717) is 11.1 Å². The molecule has 24 heavy (non-hydrogen) atoms. The summed E-state index contributed by atoms with van der Waals surface area (Å²) >= 11 is 0. The largest absolute Gasteiger partial charge is 0.478 e. The Morgan fingerprint density at radius 3 is 2.25 bits per heavy atom. The zero-order chi connectivity index (χ0) is 17.5. The van der Waals surface area contributed by atoms with Crippen LogP contribution < -0.4 is 4.74 Å². The van der Waals surface area contributed by atoms with Gasteiger partial charge in [0.25, 0.3) is 0 Å². The maximum Gasteiger partial charge on any atom is 0.339 e. The second kappa shape index (κ2) is 8.18. The molecule has 8 heteroatoms. The molecule has 0 radical (unpaired) electrons. The number of benzene rings is 2. The lowest BCUT2D eigenvalue weighted by molar-refractivity contribution is -0.497. The standard InChI is InChI=1S/C16H15NO7/c18-15(24-14-8-4-3-7-13(14)16(19)20)9-11-5-1-2-6-12(11)10-23-17(21)22/h1-8,21-22H,9-10H2,(H,19,20). The highest BCUT2D eigenvalue weighted by Crippen LogP contribution is 2.19. The number of nitrogens with zero attached hydrogens (tertiary/aromatic N) is 1. The fourth-order valence-electron chi connectivity index (χ4n) is 2.04. The molecule has 8 nitrogen and oxygen atoms in total. The third kappa shape index (κ3) is 4.86. The number of carboxylic acid groups (broad SMARTS) is 1. The average molecular weight is 333 g/mol. The number of ether oxygens (including phenoxy) is 1. The Morgan fingerprint density at radius 2 is 1.58 bits per heavy atom. The first-order chi connectivity index (χ1) is 11.5. The molecule has 0 amide bonds. The van der Waals surface area contributed by atoms with Crippen molar-refractivity contribution in [3.63, 3.8) is 0 Å². The summed E-state index contributed by atoms with van der Waals surface area (Å²) in [5.74, 6) is -1.89. The Labute approximate surface area is 137 Å². The third-order valence-electron chi connectivity index (χ3n) is 3.13. The van der Waals surface area contributed by atoms with E-state index in [-0.39, 0.29) is 24.3 Å². The number of carbonyl (C=O) groups is 2. The molecular weight excluding hydrogens is 318 g/mol. The van der Waals surface area contributed by atoms with Crippen molar-refractivity contribution in [1.82, 2.24) is 5.39 Å². The first kappa shape index (κ1) is 17.6.